The monoisotopic (exact) mass is 390 g/mol. The molecule has 1 fully saturated rings. The third kappa shape index (κ3) is 4.25. The fourth-order valence-corrected chi connectivity index (χ4v) is 4.29. The van der Waals surface area contributed by atoms with E-state index in [4.69, 9.17) is 4.74 Å². The van der Waals surface area contributed by atoms with Crippen molar-refractivity contribution in [2.24, 2.45) is 0 Å². The molecule has 8 nitrogen and oxygen atoms in total. The van der Waals surface area contributed by atoms with Gasteiger partial charge in [-0.3, -0.25) is 9.78 Å². The SMILES string of the molecule is CC(=O)c1ccc(S(=O)(=O)N2CCC(Oc3cncc(N(C)C)n3)C2)cc1. The second kappa shape index (κ2) is 7.61. The molecule has 144 valence electrons. The van der Waals surface area contributed by atoms with Crippen LogP contribution in [0.25, 0.3) is 0 Å². The van der Waals surface area contributed by atoms with Crippen molar-refractivity contribution in [2.75, 3.05) is 32.1 Å². The van der Waals surface area contributed by atoms with Crippen LogP contribution in [-0.4, -0.2) is 61.8 Å². The summed E-state index contributed by atoms with van der Waals surface area (Å²) in [5, 5.41) is 0. The van der Waals surface area contributed by atoms with Crippen LogP contribution in [0.5, 0.6) is 5.88 Å². The standard InChI is InChI=1S/C18H22N4O4S/c1-13(23)14-4-6-16(7-5-14)27(24,25)22-9-8-15(12-22)26-18-11-19-10-17(20-18)21(2)3/h4-7,10-11,15H,8-9,12H2,1-3H3. The predicted octanol–water partition coefficient (Wildman–Crippen LogP) is 1.59. The number of aromatic nitrogens is 2. The van der Waals surface area contributed by atoms with Gasteiger partial charge in [0.2, 0.25) is 15.9 Å². The van der Waals surface area contributed by atoms with Crippen LogP contribution in [0, 0.1) is 0 Å². The van der Waals surface area contributed by atoms with Crippen molar-refractivity contribution in [3.05, 3.63) is 42.2 Å². The summed E-state index contributed by atoms with van der Waals surface area (Å²) in [6, 6.07) is 5.99. The number of rotatable bonds is 6. The van der Waals surface area contributed by atoms with Gasteiger partial charge in [0.25, 0.3) is 0 Å². The van der Waals surface area contributed by atoms with E-state index in [1.807, 2.05) is 19.0 Å². The summed E-state index contributed by atoms with van der Waals surface area (Å²) in [6.45, 7) is 2.05. The molecule has 1 unspecified atom stereocenters. The second-order valence-electron chi connectivity index (χ2n) is 6.58. The average Bonchev–Trinajstić information content (AvgIpc) is 3.11. The number of benzene rings is 1. The van der Waals surface area contributed by atoms with E-state index >= 15 is 0 Å². The average molecular weight is 390 g/mol. The quantitative estimate of drug-likeness (QED) is 0.692. The van der Waals surface area contributed by atoms with E-state index in [9.17, 15) is 13.2 Å². The third-order valence-electron chi connectivity index (χ3n) is 4.35. The van der Waals surface area contributed by atoms with Gasteiger partial charge in [0.1, 0.15) is 6.10 Å². The molecule has 1 aliphatic rings. The number of hydrogen-bond donors (Lipinski definition) is 0. The zero-order valence-corrected chi connectivity index (χ0v) is 16.3. The Balaban J connectivity index is 1.69. The van der Waals surface area contributed by atoms with Gasteiger partial charge in [0, 0.05) is 26.2 Å². The summed E-state index contributed by atoms with van der Waals surface area (Å²) in [4.78, 5) is 21.8. The maximum Gasteiger partial charge on any atom is 0.243 e. The molecule has 3 rings (SSSR count). The highest BCUT2D eigenvalue weighted by Gasteiger charge is 2.34. The number of carbonyl (C=O) groups is 1. The van der Waals surface area contributed by atoms with Crippen LogP contribution in [-0.2, 0) is 10.0 Å². The summed E-state index contributed by atoms with van der Waals surface area (Å²) in [5.41, 5.74) is 0.482. The van der Waals surface area contributed by atoms with E-state index in [0.717, 1.165) is 0 Å². The minimum atomic E-state index is -3.63. The Morgan fingerprint density at radius 1 is 1.22 bits per heavy atom. The number of ketones is 1. The first kappa shape index (κ1) is 19.2. The molecule has 0 spiro atoms. The van der Waals surface area contributed by atoms with Gasteiger partial charge in [-0.05, 0) is 25.5 Å². The molecule has 2 heterocycles. The van der Waals surface area contributed by atoms with Gasteiger partial charge in [0.05, 0.1) is 23.8 Å². The van der Waals surface area contributed by atoms with E-state index in [-0.39, 0.29) is 23.3 Å². The molecule has 0 radical (unpaired) electrons. The molecule has 1 aromatic carbocycles. The van der Waals surface area contributed by atoms with Crippen molar-refractivity contribution in [3.8, 4) is 5.88 Å². The Morgan fingerprint density at radius 3 is 2.56 bits per heavy atom. The van der Waals surface area contributed by atoms with Gasteiger partial charge >= 0.3 is 0 Å². The van der Waals surface area contributed by atoms with Crippen LogP contribution in [0.4, 0.5) is 5.82 Å². The van der Waals surface area contributed by atoms with Crippen LogP contribution in [0.15, 0.2) is 41.6 Å². The van der Waals surface area contributed by atoms with Crippen LogP contribution < -0.4 is 9.64 Å². The molecule has 0 bridgehead atoms. The lowest BCUT2D eigenvalue weighted by atomic mass is 10.2. The van der Waals surface area contributed by atoms with Crippen molar-refractivity contribution in [1.82, 2.24) is 14.3 Å². The lowest BCUT2D eigenvalue weighted by molar-refractivity contribution is 0.101. The van der Waals surface area contributed by atoms with Gasteiger partial charge in [-0.15, -0.1) is 0 Å². The zero-order valence-electron chi connectivity index (χ0n) is 15.5. The highest BCUT2D eigenvalue weighted by atomic mass is 32.2. The Bertz CT molecular complexity index is 929. The number of carbonyl (C=O) groups excluding carboxylic acids is 1. The van der Waals surface area contributed by atoms with Crippen molar-refractivity contribution in [1.29, 1.82) is 0 Å². The molecule has 1 saturated heterocycles. The number of sulfonamides is 1. The summed E-state index contributed by atoms with van der Waals surface area (Å²) in [7, 11) is 0.0822. The molecule has 0 N–H and O–H groups in total. The number of hydrogen-bond acceptors (Lipinski definition) is 7. The van der Waals surface area contributed by atoms with Crippen LogP contribution in [0.1, 0.15) is 23.7 Å². The Kier molecular flexibility index (Phi) is 5.43. The molecule has 0 saturated carbocycles. The molecular weight excluding hydrogens is 368 g/mol. The molecule has 1 aliphatic heterocycles. The van der Waals surface area contributed by atoms with Gasteiger partial charge in [-0.25, -0.2) is 8.42 Å². The van der Waals surface area contributed by atoms with E-state index < -0.39 is 10.0 Å². The minimum Gasteiger partial charge on any atom is -0.472 e. The smallest absolute Gasteiger partial charge is 0.243 e. The number of anilines is 1. The van der Waals surface area contributed by atoms with E-state index in [2.05, 4.69) is 9.97 Å². The molecular formula is C18H22N4O4S. The van der Waals surface area contributed by atoms with Crippen molar-refractivity contribution >= 4 is 21.6 Å². The topological polar surface area (TPSA) is 92.7 Å². The summed E-state index contributed by atoms with van der Waals surface area (Å²) >= 11 is 0. The van der Waals surface area contributed by atoms with Crippen molar-refractivity contribution < 1.29 is 17.9 Å². The first-order valence-corrected chi connectivity index (χ1v) is 9.98. The summed E-state index contributed by atoms with van der Waals surface area (Å²) in [6.07, 6.45) is 3.43. The fourth-order valence-electron chi connectivity index (χ4n) is 2.80. The molecule has 0 amide bonds. The largest absolute Gasteiger partial charge is 0.472 e. The van der Waals surface area contributed by atoms with Crippen molar-refractivity contribution in [2.45, 2.75) is 24.3 Å². The molecule has 2 aromatic rings. The maximum absolute atomic E-state index is 12.8. The Hall–Kier alpha value is -2.52. The highest BCUT2D eigenvalue weighted by molar-refractivity contribution is 7.89. The van der Waals surface area contributed by atoms with Crippen LogP contribution in [0.3, 0.4) is 0 Å². The predicted molar refractivity (Wildman–Crippen MR) is 101 cm³/mol. The van der Waals surface area contributed by atoms with E-state index in [1.165, 1.54) is 41.7 Å². The maximum atomic E-state index is 12.8. The number of ether oxygens (including phenoxy) is 1. The van der Waals surface area contributed by atoms with Gasteiger partial charge < -0.3 is 9.64 Å². The molecule has 0 aliphatic carbocycles. The lowest BCUT2D eigenvalue weighted by Gasteiger charge is -2.18. The molecule has 9 heteroatoms. The molecule has 1 atom stereocenters. The highest BCUT2D eigenvalue weighted by Crippen LogP contribution is 2.24. The molecule has 27 heavy (non-hydrogen) atoms. The first-order chi connectivity index (χ1) is 12.8. The Morgan fingerprint density at radius 2 is 1.93 bits per heavy atom. The summed E-state index contributed by atoms with van der Waals surface area (Å²) in [5.74, 6) is 0.937. The lowest BCUT2D eigenvalue weighted by Crippen LogP contribution is -2.31. The zero-order chi connectivity index (χ0) is 19.6. The third-order valence-corrected chi connectivity index (χ3v) is 6.23. The Labute approximate surface area is 158 Å². The van der Waals surface area contributed by atoms with Crippen molar-refractivity contribution in [3.63, 3.8) is 0 Å². The number of Topliss-reactive ketones (excluding diaryl/α,β-unsaturated/α-hetero) is 1. The summed E-state index contributed by atoms with van der Waals surface area (Å²) < 4.78 is 32.8. The molecule has 1 aromatic heterocycles. The van der Waals surface area contributed by atoms with Crippen LogP contribution in [0.2, 0.25) is 0 Å². The minimum absolute atomic E-state index is 0.102. The normalized spacial score (nSPS) is 17.7. The first-order valence-electron chi connectivity index (χ1n) is 8.54. The van der Waals surface area contributed by atoms with Gasteiger partial charge in [-0.1, -0.05) is 12.1 Å². The van der Waals surface area contributed by atoms with E-state index in [1.54, 1.807) is 6.20 Å². The van der Waals surface area contributed by atoms with Gasteiger partial charge in [0.15, 0.2) is 11.6 Å². The van der Waals surface area contributed by atoms with Gasteiger partial charge in [-0.2, -0.15) is 9.29 Å². The van der Waals surface area contributed by atoms with Crippen LogP contribution >= 0.6 is 0 Å². The second-order valence-corrected chi connectivity index (χ2v) is 8.52. The van der Waals surface area contributed by atoms with E-state index in [0.29, 0.717) is 30.2 Å². The number of nitrogens with zero attached hydrogens (tertiary/aromatic N) is 4. The fraction of sp³-hybridized carbons (Fsp3) is 0.389.